The highest BCUT2D eigenvalue weighted by Crippen LogP contribution is 2.44. The summed E-state index contributed by atoms with van der Waals surface area (Å²) < 4.78 is 6.30. The van der Waals surface area contributed by atoms with Crippen molar-refractivity contribution in [3.63, 3.8) is 0 Å². The van der Waals surface area contributed by atoms with E-state index < -0.39 is 0 Å². The predicted molar refractivity (Wildman–Crippen MR) is 241 cm³/mol. The Hall–Kier alpha value is -7.62. The van der Waals surface area contributed by atoms with E-state index >= 15 is 0 Å². The molecule has 0 atom stereocenters. The molecule has 0 bridgehead atoms. The maximum Gasteiger partial charge on any atom is 0.136 e. The Morgan fingerprint density at radius 3 is 1.68 bits per heavy atom. The summed E-state index contributed by atoms with van der Waals surface area (Å²) in [5.41, 5.74) is 10.7. The monoisotopic (exact) mass is 728 g/mol. The highest BCUT2D eigenvalue weighted by atomic mass is 16.3. The van der Waals surface area contributed by atoms with Gasteiger partial charge in [0.1, 0.15) is 11.2 Å². The number of benzene rings is 10. The molecular formula is C54H36N2O. The number of fused-ring (bicyclic) bond motifs is 7. The first kappa shape index (κ1) is 32.8. The molecule has 0 aliphatic heterocycles. The standard InChI is InChI=1S/C54H36N2O/c1-3-14-37(15-4-1)40-18-11-21-43(32-40)55(46-31-30-39-28-29-41-33-54-51(36-50(41)49(39)35-46)48-25-9-10-27-53(48)57-54)44-22-13-23-45(34-44)56(42-19-5-2-6-20-42)52-26-12-17-38-16-7-8-24-47(38)52/h1-36H. The fraction of sp³-hybridized carbons (Fsp3) is 0. The van der Waals surface area contributed by atoms with E-state index in [0.29, 0.717) is 0 Å². The van der Waals surface area contributed by atoms with Crippen molar-refractivity contribution in [3.05, 3.63) is 218 Å². The second kappa shape index (κ2) is 13.6. The fourth-order valence-electron chi connectivity index (χ4n) is 8.48. The minimum Gasteiger partial charge on any atom is -0.456 e. The summed E-state index contributed by atoms with van der Waals surface area (Å²) in [5, 5.41) is 9.40. The number of hydrogen-bond acceptors (Lipinski definition) is 3. The van der Waals surface area contributed by atoms with Gasteiger partial charge < -0.3 is 14.2 Å². The van der Waals surface area contributed by atoms with Crippen LogP contribution < -0.4 is 9.80 Å². The van der Waals surface area contributed by atoms with E-state index in [0.717, 1.165) is 67.0 Å². The summed E-state index contributed by atoms with van der Waals surface area (Å²) >= 11 is 0. The first-order chi connectivity index (χ1) is 28.2. The second-order valence-electron chi connectivity index (χ2n) is 14.6. The van der Waals surface area contributed by atoms with Gasteiger partial charge in [0.2, 0.25) is 0 Å². The van der Waals surface area contributed by atoms with E-state index in [-0.39, 0.29) is 0 Å². The summed E-state index contributed by atoms with van der Waals surface area (Å²) in [7, 11) is 0. The van der Waals surface area contributed by atoms with E-state index in [1.165, 1.54) is 32.5 Å². The topological polar surface area (TPSA) is 19.6 Å². The number of rotatable bonds is 7. The SMILES string of the molecule is c1ccc(-c2cccc(N(c3cccc(N(c4ccccc4)c4cccc5ccccc45)c3)c3ccc4ccc5cc6oc7ccccc7c6cc5c4c3)c2)cc1. The molecule has 1 heterocycles. The molecule has 3 heteroatoms. The lowest BCUT2D eigenvalue weighted by Gasteiger charge is -2.30. The lowest BCUT2D eigenvalue weighted by atomic mass is 9.98. The zero-order chi connectivity index (χ0) is 37.7. The lowest BCUT2D eigenvalue weighted by molar-refractivity contribution is 0.669. The van der Waals surface area contributed by atoms with Gasteiger partial charge in [-0.05, 0) is 117 Å². The molecule has 0 aliphatic carbocycles. The third kappa shape index (κ3) is 5.76. The highest BCUT2D eigenvalue weighted by molar-refractivity contribution is 6.17. The van der Waals surface area contributed by atoms with Gasteiger partial charge in [0, 0.05) is 44.6 Å². The van der Waals surface area contributed by atoms with Crippen LogP contribution in [-0.2, 0) is 0 Å². The zero-order valence-electron chi connectivity index (χ0n) is 31.1. The molecule has 3 nitrogen and oxygen atoms in total. The van der Waals surface area contributed by atoms with Crippen LogP contribution in [0.25, 0.3) is 65.4 Å². The highest BCUT2D eigenvalue weighted by Gasteiger charge is 2.20. The quantitative estimate of drug-likeness (QED) is 0.152. The lowest BCUT2D eigenvalue weighted by Crippen LogP contribution is -2.13. The van der Waals surface area contributed by atoms with Crippen LogP contribution >= 0.6 is 0 Å². The fourth-order valence-corrected chi connectivity index (χ4v) is 8.48. The van der Waals surface area contributed by atoms with Gasteiger partial charge in [-0.1, -0.05) is 140 Å². The van der Waals surface area contributed by atoms with Gasteiger partial charge in [0.05, 0.1) is 5.69 Å². The van der Waals surface area contributed by atoms with E-state index in [1.54, 1.807) is 0 Å². The second-order valence-corrected chi connectivity index (χ2v) is 14.6. The summed E-state index contributed by atoms with van der Waals surface area (Å²) in [6.07, 6.45) is 0. The van der Waals surface area contributed by atoms with Gasteiger partial charge in [-0.3, -0.25) is 0 Å². The first-order valence-corrected chi connectivity index (χ1v) is 19.4. The Bertz CT molecular complexity index is 3250. The Kier molecular flexibility index (Phi) is 7.82. The zero-order valence-corrected chi connectivity index (χ0v) is 31.1. The van der Waals surface area contributed by atoms with Crippen LogP contribution in [0.5, 0.6) is 0 Å². The number of furan rings is 1. The minimum atomic E-state index is 0.907. The Balaban J connectivity index is 1.13. The third-order valence-corrected chi connectivity index (χ3v) is 11.2. The molecule has 0 unspecified atom stereocenters. The molecule has 0 N–H and O–H groups in total. The molecule has 10 aromatic carbocycles. The van der Waals surface area contributed by atoms with Gasteiger partial charge in [-0.25, -0.2) is 0 Å². The molecule has 0 radical (unpaired) electrons. The largest absolute Gasteiger partial charge is 0.456 e. The van der Waals surface area contributed by atoms with Crippen LogP contribution in [0.4, 0.5) is 34.1 Å². The molecular weight excluding hydrogens is 693 g/mol. The Labute approximate surface area is 330 Å². The molecule has 0 aliphatic rings. The average Bonchev–Trinajstić information content (AvgIpc) is 3.64. The van der Waals surface area contributed by atoms with E-state index in [1.807, 2.05) is 12.1 Å². The van der Waals surface area contributed by atoms with Crippen molar-refractivity contribution in [1.82, 2.24) is 0 Å². The molecule has 1 aromatic heterocycles. The van der Waals surface area contributed by atoms with Crippen molar-refractivity contribution in [2.45, 2.75) is 0 Å². The van der Waals surface area contributed by atoms with Gasteiger partial charge >= 0.3 is 0 Å². The number of hydrogen-bond donors (Lipinski definition) is 0. The Morgan fingerprint density at radius 1 is 0.263 bits per heavy atom. The summed E-state index contributed by atoms with van der Waals surface area (Å²) in [6, 6.07) is 78.4. The summed E-state index contributed by atoms with van der Waals surface area (Å²) in [5.74, 6) is 0. The van der Waals surface area contributed by atoms with Crippen molar-refractivity contribution in [1.29, 1.82) is 0 Å². The maximum absolute atomic E-state index is 6.30. The number of nitrogens with zero attached hydrogens (tertiary/aromatic N) is 2. The van der Waals surface area contributed by atoms with Crippen LogP contribution in [0.15, 0.2) is 223 Å². The third-order valence-electron chi connectivity index (χ3n) is 11.2. The maximum atomic E-state index is 6.30. The van der Waals surface area contributed by atoms with Crippen molar-refractivity contribution >= 4 is 88.4 Å². The Morgan fingerprint density at radius 2 is 0.825 bits per heavy atom. The van der Waals surface area contributed by atoms with Gasteiger partial charge in [0.15, 0.2) is 0 Å². The van der Waals surface area contributed by atoms with Crippen molar-refractivity contribution in [2.24, 2.45) is 0 Å². The molecule has 0 amide bonds. The van der Waals surface area contributed by atoms with Gasteiger partial charge in [-0.15, -0.1) is 0 Å². The predicted octanol–water partition coefficient (Wildman–Crippen LogP) is 15.7. The van der Waals surface area contributed by atoms with Crippen LogP contribution in [0, 0.1) is 0 Å². The van der Waals surface area contributed by atoms with E-state index in [2.05, 4.69) is 216 Å². The normalized spacial score (nSPS) is 11.5. The van der Waals surface area contributed by atoms with Crippen LogP contribution in [0.2, 0.25) is 0 Å². The van der Waals surface area contributed by atoms with Crippen LogP contribution in [-0.4, -0.2) is 0 Å². The van der Waals surface area contributed by atoms with Crippen LogP contribution in [0.1, 0.15) is 0 Å². The summed E-state index contributed by atoms with van der Waals surface area (Å²) in [4.78, 5) is 4.77. The smallest absolute Gasteiger partial charge is 0.136 e. The molecule has 268 valence electrons. The molecule has 0 saturated carbocycles. The number of para-hydroxylation sites is 2. The molecule has 11 rings (SSSR count). The molecule has 0 spiro atoms. The van der Waals surface area contributed by atoms with Crippen molar-refractivity contribution < 1.29 is 4.42 Å². The van der Waals surface area contributed by atoms with Gasteiger partial charge in [0.25, 0.3) is 0 Å². The molecule has 57 heavy (non-hydrogen) atoms. The minimum absolute atomic E-state index is 0.907. The molecule has 11 aromatic rings. The van der Waals surface area contributed by atoms with E-state index in [9.17, 15) is 0 Å². The van der Waals surface area contributed by atoms with Crippen LogP contribution in [0.3, 0.4) is 0 Å². The molecule has 0 fully saturated rings. The van der Waals surface area contributed by atoms with E-state index in [4.69, 9.17) is 4.42 Å². The summed E-state index contributed by atoms with van der Waals surface area (Å²) in [6.45, 7) is 0. The van der Waals surface area contributed by atoms with Crippen molar-refractivity contribution in [2.75, 3.05) is 9.80 Å². The number of anilines is 6. The first-order valence-electron chi connectivity index (χ1n) is 19.4. The van der Waals surface area contributed by atoms with Gasteiger partial charge in [-0.2, -0.15) is 0 Å². The van der Waals surface area contributed by atoms with Crippen molar-refractivity contribution in [3.8, 4) is 11.1 Å². The molecule has 0 saturated heterocycles. The average molecular weight is 729 g/mol.